The van der Waals surface area contributed by atoms with Gasteiger partial charge in [-0.3, -0.25) is 4.99 Å². The van der Waals surface area contributed by atoms with E-state index in [4.69, 9.17) is 4.99 Å². The van der Waals surface area contributed by atoms with Crippen LogP contribution in [0, 0.1) is 5.92 Å². The van der Waals surface area contributed by atoms with Crippen molar-refractivity contribution in [3.05, 3.63) is 47.5 Å². The highest BCUT2D eigenvalue weighted by Gasteiger charge is 2.30. The molecule has 1 aromatic carbocycles. The maximum Gasteiger partial charge on any atom is 0.193 e. The number of benzene rings is 1. The lowest BCUT2D eigenvalue weighted by molar-refractivity contribution is 0.215. The first kappa shape index (κ1) is 22.8. The zero-order chi connectivity index (χ0) is 22.2. The number of guanidine groups is 1. The van der Waals surface area contributed by atoms with Crippen molar-refractivity contribution in [3.8, 4) is 0 Å². The van der Waals surface area contributed by atoms with Crippen molar-refractivity contribution < 1.29 is 0 Å². The highest BCUT2D eigenvalue weighted by molar-refractivity contribution is 5.80. The van der Waals surface area contributed by atoms with E-state index in [1.54, 1.807) is 0 Å². The van der Waals surface area contributed by atoms with Crippen molar-refractivity contribution in [2.45, 2.75) is 77.7 Å². The van der Waals surface area contributed by atoms with Gasteiger partial charge in [-0.05, 0) is 50.0 Å². The molecule has 2 atom stereocenters. The molecule has 2 unspecified atom stereocenters. The van der Waals surface area contributed by atoms with Gasteiger partial charge in [0.05, 0.1) is 0 Å². The summed E-state index contributed by atoms with van der Waals surface area (Å²) in [6.07, 6.45) is 9.25. The molecule has 0 radical (unpaired) electrons. The molecule has 2 aliphatic rings. The monoisotopic (exact) mass is 436 g/mol. The molecular weight excluding hydrogens is 396 g/mol. The van der Waals surface area contributed by atoms with Crippen molar-refractivity contribution in [2.24, 2.45) is 10.9 Å². The maximum atomic E-state index is 5.01. The lowest BCUT2D eigenvalue weighted by Crippen LogP contribution is -2.48. The highest BCUT2D eigenvalue weighted by atomic mass is 15.3. The van der Waals surface area contributed by atoms with E-state index in [1.165, 1.54) is 43.5 Å². The first-order valence-corrected chi connectivity index (χ1v) is 12.8. The molecule has 6 nitrogen and oxygen atoms in total. The van der Waals surface area contributed by atoms with Gasteiger partial charge in [-0.2, -0.15) is 0 Å². The van der Waals surface area contributed by atoms with Crippen molar-refractivity contribution in [1.29, 1.82) is 0 Å². The van der Waals surface area contributed by atoms with Gasteiger partial charge in [-0.1, -0.05) is 50.1 Å². The van der Waals surface area contributed by atoms with E-state index >= 15 is 0 Å². The van der Waals surface area contributed by atoms with Crippen molar-refractivity contribution in [1.82, 2.24) is 25.0 Å². The third-order valence-corrected chi connectivity index (χ3v) is 7.13. The number of rotatable bonds is 7. The zero-order valence-electron chi connectivity index (χ0n) is 20.0. The number of aryl methyl sites for hydroxylation is 2. The van der Waals surface area contributed by atoms with Crippen LogP contribution in [0.4, 0.5) is 0 Å². The standard InChI is InChI=1S/C26H40N6/c1-3-21-20-31(19-16-23(21)22-12-7-5-8-13-22)26(27-4-2)28-17-11-15-25-30-29-24-14-9-6-10-18-32(24)25/h5,7-8,12-13,21,23H,3-4,6,9-11,14-20H2,1-2H3,(H,27,28). The summed E-state index contributed by atoms with van der Waals surface area (Å²) in [5.41, 5.74) is 1.49. The number of aliphatic imine (C=N–C) groups is 1. The summed E-state index contributed by atoms with van der Waals surface area (Å²) in [6.45, 7) is 9.47. The van der Waals surface area contributed by atoms with E-state index < -0.39 is 0 Å². The SMILES string of the molecule is CCNC(=NCCCc1nnc2n1CCCCC2)N1CCC(c2ccccc2)C(CC)C1. The molecular formula is C26H40N6. The fraction of sp³-hybridized carbons (Fsp3) is 0.654. The summed E-state index contributed by atoms with van der Waals surface area (Å²) in [6, 6.07) is 11.1. The molecule has 6 heteroatoms. The lowest BCUT2D eigenvalue weighted by Gasteiger charge is -2.40. The number of aromatic nitrogens is 3. The van der Waals surface area contributed by atoms with Crippen molar-refractivity contribution in [2.75, 3.05) is 26.2 Å². The molecule has 0 aliphatic carbocycles. The summed E-state index contributed by atoms with van der Waals surface area (Å²) < 4.78 is 2.36. The van der Waals surface area contributed by atoms with Gasteiger partial charge in [0.15, 0.2) is 5.96 Å². The molecule has 174 valence electrons. The minimum Gasteiger partial charge on any atom is -0.357 e. The lowest BCUT2D eigenvalue weighted by atomic mass is 9.79. The number of hydrogen-bond donors (Lipinski definition) is 1. The molecule has 0 amide bonds. The van der Waals surface area contributed by atoms with Crippen LogP contribution in [0.15, 0.2) is 35.3 Å². The van der Waals surface area contributed by atoms with E-state index in [2.05, 4.69) is 69.2 Å². The Bertz CT molecular complexity index is 858. The molecule has 2 aliphatic heterocycles. The predicted octanol–water partition coefficient (Wildman–Crippen LogP) is 4.42. The predicted molar refractivity (Wildman–Crippen MR) is 131 cm³/mol. The van der Waals surface area contributed by atoms with Gasteiger partial charge >= 0.3 is 0 Å². The zero-order valence-corrected chi connectivity index (χ0v) is 20.0. The Morgan fingerprint density at radius 3 is 2.78 bits per heavy atom. The summed E-state index contributed by atoms with van der Waals surface area (Å²) >= 11 is 0. The molecule has 0 bridgehead atoms. The maximum absolute atomic E-state index is 5.01. The Balaban J connectivity index is 1.34. The molecule has 1 N–H and O–H groups in total. The van der Waals surface area contributed by atoms with Gasteiger partial charge < -0.3 is 14.8 Å². The van der Waals surface area contributed by atoms with Crippen LogP contribution in [0.1, 0.15) is 75.5 Å². The topological polar surface area (TPSA) is 58.3 Å². The summed E-state index contributed by atoms with van der Waals surface area (Å²) in [5, 5.41) is 12.5. The van der Waals surface area contributed by atoms with Crippen LogP contribution < -0.4 is 5.32 Å². The van der Waals surface area contributed by atoms with Crippen LogP contribution >= 0.6 is 0 Å². The molecule has 2 aromatic rings. The normalized spacial score (nSPS) is 21.8. The quantitative estimate of drug-likeness (QED) is 0.397. The Kier molecular flexibility index (Phi) is 8.18. The van der Waals surface area contributed by atoms with Gasteiger partial charge in [-0.15, -0.1) is 10.2 Å². The smallest absolute Gasteiger partial charge is 0.193 e. The van der Waals surface area contributed by atoms with Gasteiger partial charge in [0.2, 0.25) is 0 Å². The van der Waals surface area contributed by atoms with E-state index in [0.29, 0.717) is 11.8 Å². The van der Waals surface area contributed by atoms with Gasteiger partial charge in [0.25, 0.3) is 0 Å². The molecule has 0 spiro atoms. The Labute approximate surface area is 193 Å². The minimum absolute atomic E-state index is 0.656. The average Bonchev–Trinajstić information content (AvgIpc) is 3.06. The Hall–Kier alpha value is -2.37. The molecule has 1 aromatic heterocycles. The molecule has 32 heavy (non-hydrogen) atoms. The highest BCUT2D eigenvalue weighted by Crippen LogP contribution is 2.34. The van der Waals surface area contributed by atoms with Crippen molar-refractivity contribution >= 4 is 5.96 Å². The summed E-state index contributed by atoms with van der Waals surface area (Å²) in [5.74, 6) is 4.74. The Morgan fingerprint density at radius 1 is 1.09 bits per heavy atom. The summed E-state index contributed by atoms with van der Waals surface area (Å²) in [4.78, 5) is 7.49. The van der Waals surface area contributed by atoms with Crippen LogP contribution in [-0.4, -0.2) is 51.8 Å². The third-order valence-electron chi connectivity index (χ3n) is 7.13. The van der Waals surface area contributed by atoms with E-state index in [1.807, 2.05) is 0 Å². The van der Waals surface area contributed by atoms with E-state index in [0.717, 1.165) is 63.8 Å². The Morgan fingerprint density at radius 2 is 1.97 bits per heavy atom. The molecule has 1 saturated heterocycles. The molecule has 1 fully saturated rings. The number of nitrogens with zero attached hydrogens (tertiary/aromatic N) is 5. The van der Waals surface area contributed by atoms with Gasteiger partial charge in [-0.25, -0.2) is 0 Å². The van der Waals surface area contributed by atoms with E-state index in [9.17, 15) is 0 Å². The van der Waals surface area contributed by atoms with Crippen LogP contribution in [0.5, 0.6) is 0 Å². The first-order valence-electron chi connectivity index (χ1n) is 12.8. The molecule has 0 saturated carbocycles. The second-order valence-electron chi connectivity index (χ2n) is 9.25. The molecule has 4 rings (SSSR count). The number of fused-ring (bicyclic) bond motifs is 1. The minimum atomic E-state index is 0.656. The first-order chi connectivity index (χ1) is 15.8. The molecule has 3 heterocycles. The van der Waals surface area contributed by atoms with Crippen molar-refractivity contribution in [3.63, 3.8) is 0 Å². The third kappa shape index (κ3) is 5.51. The summed E-state index contributed by atoms with van der Waals surface area (Å²) in [7, 11) is 0. The van der Waals surface area contributed by atoms with Gasteiger partial charge in [0, 0.05) is 45.6 Å². The number of piperidine rings is 1. The van der Waals surface area contributed by atoms with Gasteiger partial charge in [0.1, 0.15) is 11.6 Å². The van der Waals surface area contributed by atoms with E-state index in [-0.39, 0.29) is 0 Å². The second-order valence-corrected chi connectivity index (χ2v) is 9.25. The van der Waals surface area contributed by atoms with Crippen LogP contribution in [0.2, 0.25) is 0 Å². The average molecular weight is 437 g/mol. The second kappa shape index (κ2) is 11.5. The fourth-order valence-electron chi connectivity index (χ4n) is 5.36. The van der Waals surface area contributed by atoms with Crippen LogP contribution in [0.25, 0.3) is 0 Å². The fourth-order valence-corrected chi connectivity index (χ4v) is 5.36. The largest absolute Gasteiger partial charge is 0.357 e. The number of hydrogen-bond acceptors (Lipinski definition) is 3. The number of nitrogens with one attached hydrogen (secondary N) is 1. The number of likely N-dealkylation sites (tertiary alicyclic amines) is 1. The van der Waals surface area contributed by atoms with Crippen LogP contribution in [-0.2, 0) is 19.4 Å². The van der Waals surface area contributed by atoms with Crippen LogP contribution in [0.3, 0.4) is 0 Å².